The highest BCUT2D eigenvalue weighted by atomic mass is 32.1. The summed E-state index contributed by atoms with van der Waals surface area (Å²) in [5.74, 6) is -5.89. The first-order valence-corrected chi connectivity index (χ1v) is 49.1. The highest BCUT2D eigenvalue weighted by Crippen LogP contribution is 2.69. The van der Waals surface area contributed by atoms with E-state index < -0.39 is 45.7 Å². The highest BCUT2D eigenvalue weighted by molar-refractivity contribution is 7.30. The van der Waals surface area contributed by atoms with Crippen molar-refractivity contribution in [3.63, 3.8) is 0 Å². The van der Waals surface area contributed by atoms with Gasteiger partial charge in [-0.05, 0) is 203 Å². The van der Waals surface area contributed by atoms with Gasteiger partial charge in [0.25, 0.3) is 11.4 Å². The Morgan fingerprint density at radius 1 is 0.373 bits per heavy atom. The zero-order valence-electron chi connectivity index (χ0n) is 72.9. The van der Waals surface area contributed by atoms with Gasteiger partial charge in [-0.3, -0.25) is 9.59 Å². The summed E-state index contributed by atoms with van der Waals surface area (Å²) in [6.45, 7) is 31.2. The van der Waals surface area contributed by atoms with Gasteiger partial charge < -0.3 is 9.13 Å². The number of Topliss-reactive ketones (excluding diaryl/α,β-unsaturated/α-hetero) is 2. The molecule has 0 spiro atoms. The summed E-state index contributed by atoms with van der Waals surface area (Å²) in [7, 11) is 0. The van der Waals surface area contributed by atoms with Crippen LogP contribution in [-0.2, 0) is 49.6 Å². The molecule has 126 heavy (non-hydrogen) atoms. The zero-order valence-corrected chi connectivity index (χ0v) is 76.1. The quantitative estimate of drug-likeness (QED) is 0.0128. The number of fused-ring (bicyclic) bond motifs is 16. The Hall–Kier alpha value is -11.1. The molecule has 0 radical (unpaired) electrons. The molecule has 0 amide bonds. The van der Waals surface area contributed by atoms with Gasteiger partial charge in [-0.25, -0.2) is 37.8 Å². The molecule has 8 nitrogen and oxygen atoms in total. The average Bonchev–Trinajstić information content (AvgIpc) is 1.48. The number of aromatic nitrogens is 2. The van der Waals surface area contributed by atoms with E-state index in [2.05, 4.69) is 182 Å². The number of aryl methyl sites for hydroxylation is 6. The van der Waals surface area contributed by atoms with Crippen LogP contribution >= 0.6 is 45.3 Å². The Balaban J connectivity index is 0.987. The molecule has 0 saturated carbocycles. The Morgan fingerprint density at radius 3 is 0.952 bits per heavy atom. The molecule has 0 aliphatic heterocycles. The Kier molecular flexibility index (Phi) is 25.9. The van der Waals surface area contributed by atoms with E-state index in [1.807, 2.05) is 34.8 Å². The van der Waals surface area contributed by atoms with Gasteiger partial charge in [0.2, 0.25) is 0 Å². The fourth-order valence-corrected chi connectivity index (χ4v) is 25.9. The van der Waals surface area contributed by atoms with Crippen LogP contribution in [0.2, 0.25) is 0 Å². The molecular formula is C110H104F4N6O2S4. The molecular weight excluding hydrogens is 1640 g/mol. The predicted octanol–water partition coefficient (Wildman–Crippen LogP) is 32.0. The number of ketones is 2. The predicted molar refractivity (Wildman–Crippen MR) is 514 cm³/mol. The van der Waals surface area contributed by atoms with Crippen molar-refractivity contribution in [2.75, 3.05) is 0 Å². The van der Waals surface area contributed by atoms with Gasteiger partial charge in [0, 0.05) is 77.1 Å². The van der Waals surface area contributed by atoms with Crippen molar-refractivity contribution >= 4 is 121 Å². The van der Waals surface area contributed by atoms with Crippen LogP contribution in [-0.4, -0.2) is 20.7 Å². The minimum absolute atomic E-state index is 0.00155. The summed E-state index contributed by atoms with van der Waals surface area (Å²) in [5.41, 5.74) is 18.5. The summed E-state index contributed by atoms with van der Waals surface area (Å²) in [5, 5.41) is 21.0. The molecule has 4 aliphatic rings. The normalized spacial score (nSPS) is 15.4. The molecule has 6 heterocycles. The maximum atomic E-state index is 15.4. The second kappa shape index (κ2) is 37.5. The number of carbonyl (C=O) groups is 2. The summed E-state index contributed by atoms with van der Waals surface area (Å²) in [6.07, 6.45) is 33.4. The monoisotopic (exact) mass is 1740 g/mol. The smallest absolute Gasteiger partial charge is 0.270 e. The topological polar surface area (TPSA) is 100 Å². The number of hydrogen-bond acceptors (Lipinski definition) is 8. The van der Waals surface area contributed by atoms with Crippen LogP contribution in [0.5, 0.6) is 0 Å². The van der Waals surface area contributed by atoms with E-state index in [9.17, 15) is 20.1 Å². The van der Waals surface area contributed by atoms with Crippen molar-refractivity contribution in [3.8, 4) is 33.0 Å². The van der Waals surface area contributed by atoms with Gasteiger partial charge in [-0.2, -0.15) is 0 Å². The van der Waals surface area contributed by atoms with Crippen LogP contribution in [0.25, 0.3) is 94.7 Å². The van der Waals surface area contributed by atoms with Crippen LogP contribution in [0.15, 0.2) is 168 Å². The first-order chi connectivity index (χ1) is 61.6. The largest absolute Gasteiger partial charge is 0.339 e. The molecule has 13 aromatic rings. The van der Waals surface area contributed by atoms with E-state index in [1.165, 1.54) is 79.9 Å². The summed E-state index contributed by atoms with van der Waals surface area (Å²) in [6, 6.07) is 55.7. The summed E-state index contributed by atoms with van der Waals surface area (Å²) < 4.78 is 70.6. The van der Waals surface area contributed by atoms with E-state index in [4.69, 9.17) is 13.1 Å². The molecule has 0 N–H and O–H groups in total. The van der Waals surface area contributed by atoms with Crippen LogP contribution < -0.4 is 0 Å². The van der Waals surface area contributed by atoms with E-state index >= 15 is 17.6 Å². The van der Waals surface area contributed by atoms with Crippen molar-refractivity contribution in [2.45, 2.75) is 245 Å². The summed E-state index contributed by atoms with van der Waals surface area (Å²) in [4.78, 5) is 40.5. The minimum atomic E-state index is -1.19. The Morgan fingerprint density at radius 2 is 0.667 bits per heavy atom. The third kappa shape index (κ3) is 15.2. The number of rotatable bonds is 36. The van der Waals surface area contributed by atoms with Crippen molar-refractivity contribution in [1.82, 2.24) is 9.13 Å². The first-order valence-electron chi connectivity index (χ1n) is 45.9. The molecule has 0 unspecified atom stereocenters. The maximum Gasteiger partial charge on any atom is 0.270 e. The first kappa shape index (κ1) is 87.0. The maximum absolute atomic E-state index is 15.4. The van der Waals surface area contributed by atoms with Gasteiger partial charge in [0.15, 0.2) is 34.8 Å². The lowest BCUT2D eigenvalue weighted by Gasteiger charge is -2.36. The van der Waals surface area contributed by atoms with E-state index in [1.54, 1.807) is 34.8 Å². The fourth-order valence-electron chi connectivity index (χ4n) is 20.7. The standard InChI is InChI=1S/C110H104F4N6O2S4/c1-9-15-21-27-33-67-37-45-71(46-38-67)109(72-47-39-68(40-48-72)34-28-22-16-10-2)85-59-82-86(60-81(85)103-97(109)99-107(125-103)105-93(119(99)53-31-25-19-13-5)57-75(123-105)55-83-95(91(65-115)117-7)77-61-87(111)89(113)63-79(77)101(83)121)110(73-49-41-69(42-50-73)35-29-23-17-11-3,74-51-43-70(44-52-74)36-30-24-18-12-4)98-100-108(126-104(82)98)106-94(120(100)54-32-26-20-14-6)58-76(124-106)56-84-96(92(66-116)118-8)78-62-88(112)90(114)64-80(78)102(84)122/h37-52,55-64H,9-36,53-54H2,1-6H3/b83-55-,84-56-,95-91-,96-92+. The third-order valence-electron chi connectivity index (χ3n) is 26.9. The van der Waals surface area contributed by atoms with E-state index in [0.29, 0.717) is 22.8 Å². The number of nitriles is 2. The number of halogens is 4. The molecule has 17 rings (SSSR count). The lowest BCUT2D eigenvalue weighted by atomic mass is 9.65. The minimum Gasteiger partial charge on any atom is -0.339 e. The van der Waals surface area contributed by atoms with Crippen LogP contribution in [0, 0.1) is 59.1 Å². The number of hydrogen-bond donors (Lipinski definition) is 0. The number of thiophene rings is 4. The zero-order chi connectivity index (χ0) is 87.7. The van der Waals surface area contributed by atoms with Gasteiger partial charge in [0.1, 0.15) is 0 Å². The SMILES string of the molecule is [C-]#[N+]/C(C#N)=C1\C(=C\c2cc3c(s2)c2sc4c(c2n3CCCCCC)C(c2ccc(CCCCCC)cc2)(c2ccc(CCCCCC)cc2)c2cc3c(cc2-4)C(c2ccc(CCCCCC)cc2)(c2ccc(CCCCCC)cc2)c2c-3sc3c4sc(/C=C5\C(=O)c6cc(F)c(F)cc6\C5=C(\C#N)[N+]#[C-])cc4n(CCCCCC)c23)C(=O)c2cc(F)c(F)cc21. The molecule has 6 aromatic heterocycles. The Labute approximate surface area is 753 Å². The van der Waals surface area contributed by atoms with Gasteiger partial charge in [-0.1, -0.05) is 254 Å². The van der Waals surface area contributed by atoms with Crippen LogP contribution in [0.3, 0.4) is 0 Å². The molecule has 0 atom stereocenters. The number of carbonyl (C=O) groups excluding carboxylic acids is 2. The van der Waals surface area contributed by atoms with Crippen LogP contribution in [0.1, 0.15) is 304 Å². The number of benzene rings is 7. The molecule has 4 aliphatic carbocycles. The van der Waals surface area contributed by atoms with Gasteiger partial charge in [0.05, 0.1) is 77.0 Å². The molecule has 0 fully saturated rings. The lowest BCUT2D eigenvalue weighted by molar-refractivity contribution is 0.103. The molecule has 7 aromatic carbocycles. The van der Waals surface area contributed by atoms with Crippen molar-refractivity contribution in [2.24, 2.45) is 0 Å². The number of allylic oxidation sites excluding steroid dienone is 6. The number of unbranched alkanes of at least 4 members (excludes halogenated alkanes) is 18. The average molecular weight is 1750 g/mol. The highest BCUT2D eigenvalue weighted by Gasteiger charge is 2.56. The van der Waals surface area contributed by atoms with Crippen LogP contribution in [0.4, 0.5) is 17.6 Å². The second-order valence-corrected chi connectivity index (χ2v) is 39.1. The molecule has 638 valence electrons. The fraction of sp³-hybridized carbons (Fsp3) is 0.345. The van der Waals surface area contributed by atoms with Gasteiger partial charge in [-0.15, -0.1) is 45.3 Å². The molecule has 0 bridgehead atoms. The number of nitrogens with zero attached hydrogens (tertiary/aromatic N) is 6. The second-order valence-electron chi connectivity index (χ2n) is 34.9. The Bertz CT molecular complexity index is 6210. The van der Waals surface area contributed by atoms with Crippen molar-refractivity contribution in [1.29, 1.82) is 10.5 Å². The van der Waals surface area contributed by atoms with Crippen molar-refractivity contribution < 1.29 is 27.2 Å². The van der Waals surface area contributed by atoms with Crippen molar-refractivity contribution in [3.05, 3.63) is 313 Å². The lowest BCUT2D eigenvalue weighted by Crippen LogP contribution is -2.30. The molecule has 16 heteroatoms. The third-order valence-corrected chi connectivity index (χ3v) is 31.8. The summed E-state index contributed by atoms with van der Waals surface area (Å²) >= 11 is 6.79. The van der Waals surface area contributed by atoms with Gasteiger partial charge >= 0.3 is 0 Å². The van der Waals surface area contributed by atoms with E-state index in [-0.39, 0.29) is 55.9 Å². The molecule has 0 saturated heterocycles. The van der Waals surface area contributed by atoms with E-state index in [0.717, 1.165) is 253 Å².